The summed E-state index contributed by atoms with van der Waals surface area (Å²) in [4.78, 5) is 4.35. The highest BCUT2D eigenvalue weighted by Crippen LogP contribution is 2.35. The van der Waals surface area contributed by atoms with Crippen molar-refractivity contribution in [1.29, 1.82) is 0 Å². The third-order valence-corrected chi connectivity index (χ3v) is 3.30. The number of benzene rings is 1. The van der Waals surface area contributed by atoms with Gasteiger partial charge < -0.3 is 0 Å². The fourth-order valence-corrected chi connectivity index (χ4v) is 2.43. The monoisotopic (exact) mass is 235 g/mol. The zero-order chi connectivity index (χ0) is 10.9. The maximum atomic E-state index is 4.62. The van der Waals surface area contributed by atoms with Crippen LogP contribution >= 0.6 is 24.0 Å². The van der Waals surface area contributed by atoms with E-state index in [1.807, 2.05) is 23.7 Å². The second-order valence-electron chi connectivity index (χ2n) is 3.94. The number of hydrogen-bond donors (Lipinski definition) is 1. The summed E-state index contributed by atoms with van der Waals surface area (Å²) in [5.74, 6) is 0. The van der Waals surface area contributed by atoms with Crippen LogP contribution in [0, 0.1) is 0 Å². The summed E-state index contributed by atoms with van der Waals surface area (Å²) in [6, 6.07) is 8.31. The van der Waals surface area contributed by atoms with Gasteiger partial charge in [0.25, 0.3) is 0 Å². The second kappa shape index (κ2) is 3.99. The van der Waals surface area contributed by atoms with E-state index < -0.39 is 0 Å². The smallest absolute Gasteiger partial charge is 0.123 e. The number of hydrogen-bond acceptors (Lipinski definition) is 3. The predicted molar refractivity (Wildman–Crippen MR) is 69.6 cm³/mol. The summed E-state index contributed by atoms with van der Waals surface area (Å²) in [6.45, 7) is 4.20. The Morgan fingerprint density at radius 3 is 2.60 bits per heavy atom. The molecule has 0 bridgehead atoms. The van der Waals surface area contributed by atoms with Crippen molar-refractivity contribution in [1.82, 2.24) is 4.98 Å². The SMILES string of the molecule is CC(C)(S)c1ccccc1-c1nccs1. The first-order valence-corrected chi connectivity index (χ1v) is 6.13. The Labute approximate surface area is 99.6 Å². The molecule has 0 saturated carbocycles. The van der Waals surface area contributed by atoms with Crippen molar-refractivity contribution in [3.8, 4) is 10.6 Å². The van der Waals surface area contributed by atoms with Crippen molar-refractivity contribution in [2.45, 2.75) is 18.6 Å². The van der Waals surface area contributed by atoms with Crippen molar-refractivity contribution in [2.75, 3.05) is 0 Å². The lowest BCUT2D eigenvalue weighted by Gasteiger charge is -2.20. The van der Waals surface area contributed by atoms with Gasteiger partial charge in [0.15, 0.2) is 0 Å². The molecule has 1 aromatic heterocycles. The fourth-order valence-electron chi connectivity index (χ4n) is 1.56. The summed E-state index contributed by atoms with van der Waals surface area (Å²) in [5.41, 5.74) is 2.41. The molecule has 0 fully saturated rings. The Morgan fingerprint density at radius 1 is 1.27 bits per heavy atom. The molecule has 1 aromatic carbocycles. The Balaban J connectivity index is 2.58. The Kier molecular flexibility index (Phi) is 2.85. The maximum Gasteiger partial charge on any atom is 0.123 e. The van der Waals surface area contributed by atoms with Crippen molar-refractivity contribution in [2.24, 2.45) is 0 Å². The van der Waals surface area contributed by atoms with E-state index in [0.29, 0.717) is 0 Å². The summed E-state index contributed by atoms with van der Waals surface area (Å²) in [7, 11) is 0. The maximum absolute atomic E-state index is 4.62. The third kappa shape index (κ3) is 2.24. The summed E-state index contributed by atoms with van der Waals surface area (Å²) >= 11 is 6.28. The van der Waals surface area contributed by atoms with E-state index >= 15 is 0 Å². The first kappa shape index (κ1) is 10.7. The number of thiazole rings is 1. The molecule has 0 spiro atoms. The molecule has 1 nitrogen and oxygen atoms in total. The van der Waals surface area contributed by atoms with Gasteiger partial charge in [0, 0.05) is 21.9 Å². The van der Waals surface area contributed by atoms with Crippen LogP contribution in [-0.2, 0) is 4.75 Å². The molecule has 15 heavy (non-hydrogen) atoms. The van der Waals surface area contributed by atoms with Crippen LogP contribution in [0.5, 0.6) is 0 Å². The molecule has 2 aromatic rings. The van der Waals surface area contributed by atoms with Gasteiger partial charge in [-0.15, -0.1) is 11.3 Å². The van der Waals surface area contributed by atoms with E-state index in [0.717, 1.165) is 5.01 Å². The molecule has 0 aliphatic heterocycles. The van der Waals surface area contributed by atoms with Crippen LogP contribution in [0.25, 0.3) is 10.6 Å². The van der Waals surface area contributed by atoms with Crippen LogP contribution in [0.15, 0.2) is 35.8 Å². The van der Waals surface area contributed by atoms with Gasteiger partial charge in [0.05, 0.1) is 0 Å². The average molecular weight is 235 g/mol. The molecule has 0 saturated heterocycles. The minimum Gasteiger partial charge on any atom is -0.245 e. The van der Waals surface area contributed by atoms with Crippen molar-refractivity contribution in [3.05, 3.63) is 41.4 Å². The normalized spacial score (nSPS) is 11.7. The number of nitrogens with zero attached hydrogens (tertiary/aromatic N) is 1. The van der Waals surface area contributed by atoms with Crippen LogP contribution in [0.1, 0.15) is 19.4 Å². The number of aromatic nitrogens is 1. The topological polar surface area (TPSA) is 12.9 Å². The van der Waals surface area contributed by atoms with Crippen molar-refractivity contribution < 1.29 is 0 Å². The minimum absolute atomic E-state index is 0.137. The van der Waals surface area contributed by atoms with E-state index in [-0.39, 0.29) is 4.75 Å². The molecule has 0 aliphatic rings. The van der Waals surface area contributed by atoms with Crippen LogP contribution in [-0.4, -0.2) is 4.98 Å². The molecule has 0 amide bonds. The van der Waals surface area contributed by atoms with Crippen LogP contribution in [0.3, 0.4) is 0 Å². The molecule has 0 atom stereocenters. The zero-order valence-electron chi connectivity index (χ0n) is 8.77. The highest BCUT2D eigenvalue weighted by molar-refractivity contribution is 7.81. The molecular weight excluding hydrogens is 222 g/mol. The van der Waals surface area contributed by atoms with Crippen molar-refractivity contribution >= 4 is 24.0 Å². The van der Waals surface area contributed by atoms with E-state index in [2.05, 4.69) is 43.6 Å². The van der Waals surface area contributed by atoms with Crippen LogP contribution < -0.4 is 0 Å². The van der Waals surface area contributed by atoms with E-state index in [4.69, 9.17) is 0 Å². The summed E-state index contributed by atoms with van der Waals surface area (Å²) < 4.78 is -0.137. The van der Waals surface area contributed by atoms with E-state index in [1.54, 1.807) is 11.3 Å². The van der Waals surface area contributed by atoms with Gasteiger partial charge >= 0.3 is 0 Å². The molecule has 0 radical (unpaired) electrons. The molecule has 0 aliphatic carbocycles. The highest BCUT2D eigenvalue weighted by atomic mass is 32.1. The standard InChI is InChI=1S/C12H13NS2/c1-12(2,14)10-6-4-3-5-9(10)11-13-7-8-15-11/h3-8,14H,1-2H3. The summed E-state index contributed by atoms with van der Waals surface area (Å²) in [6.07, 6.45) is 1.84. The van der Waals surface area contributed by atoms with Crippen LogP contribution in [0.4, 0.5) is 0 Å². The third-order valence-electron chi connectivity index (χ3n) is 2.25. The van der Waals surface area contributed by atoms with Gasteiger partial charge in [-0.25, -0.2) is 4.98 Å². The lowest BCUT2D eigenvalue weighted by molar-refractivity contribution is 0.793. The molecule has 0 unspecified atom stereocenters. The summed E-state index contributed by atoms with van der Waals surface area (Å²) in [5, 5.41) is 3.06. The zero-order valence-corrected chi connectivity index (χ0v) is 10.5. The highest BCUT2D eigenvalue weighted by Gasteiger charge is 2.19. The van der Waals surface area contributed by atoms with Gasteiger partial charge in [-0.3, -0.25) is 0 Å². The first-order chi connectivity index (χ1) is 7.09. The van der Waals surface area contributed by atoms with Gasteiger partial charge in [-0.1, -0.05) is 24.3 Å². The molecule has 3 heteroatoms. The lowest BCUT2D eigenvalue weighted by atomic mass is 9.97. The van der Waals surface area contributed by atoms with Gasteiger partial charge in [0.2, 0.25) is 0 Å². The van der Waals surface area contributed by atoms with E-state index in [1.165, 1.54) is 11.1 Å². The molecule has 78 valence electrons. The minimum atomic E-state index is -0.137. The quantitative estimate of drug-likeness (QED) is 0.777. The molecular formula is C12H13NS2. The lowest BCUT2D eigenvalue weighted by Crippen LogP contribution is -2.09. The predicted octanol–water partition coefficient (Wildman–Crippen LogP) is 3.98. The molecule has 1 heterocycles. The fraction of sp³-hybridized carbons (Fsp3) is 0.250. The Bertz CT molecular complexity index is 441. The molecule has 0 N–H and O–H groups in total. The average Bonchev–Trinajstić information content (AvgIpc) is 2.69. The second-order valence-corrected chi connectivity index (χ2v) is 5.95. The first-order valence-electron chi connectivity index (χ1n) is 4.81. The largest absolute Gasteiger partial charge is 0.245 e. The number of rotatable bonds is 2. The van der Waals surface area contributed by atoms with Crippen molar-refractivity contribution in [3.63, 3.8) is 0 Å². The van der Waals surface area contributed by atoms with Crippen LogP contribution in [0.2, 0.25) is 0 Å². The molecule has 2 rings (SSSR count). The number of thiol groups is 1. The van der Waals surface area contributed by atoms with Gasteiger partial charge in [0.1, 0.15) is 5.01 Å². The van der Waals surface area contributed by atoms with Gasteiger partial charge in [-0.05, 0) is 19.4 Å². The van der Waals surface area contributed by atoms with Gasteiger partial charge in [-0.2, -0.15) is 12.6 Å². The Morgan fingerprint density at radius 2 is 2.00 bits per heavy atom. The Hall–Kier alpha value is -0.800. The van der Waals surface area contributed by atoms with E-state index in [9.17, 15) is 0 Å².